The molecule has 0 bridgehead atoms. The topological polar surface area (TPSA) is 66.9 Å². The van der Waals surface area contributed by atoms with Crippen molar-refractivity contribution >= 4 is 17.5 Å². The van der Waals surface area contributed by atoms with Crippen LogP contribution in [0.1, 0.15) is 27.3 Å². The number of nitrogens with one attached hydrogen (secondary N) is 2. The number of anilines is 2. The summed E-state index contributed by atoms with van der Waals surface area (Å²) < 4.78 is 13.0. The number of carbonyl (C=O) groups is 1. The lowest BCUT2D eigenvalue weighted by atomic mass is 10.2. The minimum Gasteiger partial charge on any atom is -0.350 e. The average Bonchev–Trinajstić information content (AvgIpc) is 2.63. The van der Waals surface area contributed by atoms with E-state index < -0.39 is 0 Å². The molecule has 2 aromatic carbocycles. The van der Waals surface area contributed by atoms with Crippen molar-refractivity contribution in [3.8, 4) is 0 Å². The molecule has 0 saturated heterocycles. The van der Waals surface area contributed by atoms with Crippen LogP contribution in [-0.2, 0) is 6.54 Å². The van der Waals surface area contributed by atoms with E-state index in [4.69, 9.17) is 0 Å². The van der Waals surface area contributed by atoms with Crippen molar-refractivity contribution in [2.45, 2.75) is 20.4 Å². The van der Waals surface area contributed by atoms with Crippen molar-refractivity contribution < 1.29 is 9.18 Å². The maximum Gasteiger partial charge on any atom is 0.274 e. The van der Waals surface area contributed by atoms with E-state index >= 15 is 0 Å². The van der Waals surface area contributed by atoms with Crippen LogP contribution >= 0.6 is 0 Å². The second kappa shape index (κ2) is 7.74. The number of amides is 1. The number of aryl methyl sites for hydroxylation is 2. The van der Waals surface area contributed by atoms with E-state index in [0.29, 0.717) is 18.2 Å². The summed E-state index contributed by atoms with van der Waals surface area (Å²) in [6.45, 7) is 4.16. The zero-order valence-electron chi connectivity index (χ0n) is 14.6. The van der Waals surface area contributed by atoms with E-state index in [0.717, 1.165) is 16.8 Å². The van der Waals surface area contributed by atoms with E-state index in [9.17, 15) is 9.18 Å². The highest BCUT2D eigenvalue weighted by Gasteiger charge is 2.12. The van der Waals surface area contributed by atoms with Crippen LogP contribution in [0.4, 0.5) is 16.0 Å². The highest BCUT2D eigenvalue weighted by atomic mass is 19.1. The molecule has 0 aliphatic rings. The first kappa shape index (κ1) is 17.5. The van der Waals surface area contributed by atoms with E-state index in [1.54, 1.807) is 25.1 Å². The standard InChI is InChI=1S/C20H19FN4O/c1-13-5-3-4-6-17(13)24-19(26)18-11-14(2)23-20(25-18)22-12-15-7-9-16(21)10-8-15/h3-11H,12H2,1-2H3,(H,24,26)(H,22,23,25). The number of hydrogen-bond acceptors (Lipinski definition) is 4. The number of carbonyl (C=O) groups excluding carboxylic acids is 1. The Kier molecular flexibility index (Phi) is 5.22. The molecular weight excluding hydrogens is 331 g/mol. The van der Waals surface area contributed by atoms with Gasteiger partial charge >= 0.3 is 0 Å². The molecule has 5 nitrogen and oxygen atoms in total. The molecule has 0 fully saturated rings. The fourth-order valence-electron chi connectivity index (χ4n) is 2.45. The van der Waals surface area contributed by atoms with Crippen LogP contribution in [0.2, 0.25) is 0 Å². The predicted molar refractivity (Wildman–Crippen MR) is 99.6 cm³/mol. The summed E-state index contributed by atoms with van der Waals surface area (Å²) in [5.74, 6) is -0.227. The Bertz CT molecular complexity index is 925. The monoisotopic (exact) mass is 350 g/mol. The lowest BCUT2D eigenvalue weighted by Gasteiger charge is -2.10. The third-order valence-corrected chi connectivity index (χ3v) is 3.84. The molecular formula is C20H19FN4O. The molecule has 0 unspecified atom stereocenters. The van der Waals surface area contributed by atoms with Crippen LogP contribution in [0.25, 0.3) is 0 Å². The van der Waals surface area contributed by atoms with Gasteiger partial charge in [-0.2, -0.15) is 0 Å². The normalized spacial score (nSPS) is 10.4. The van der Waals surface area contributed by atoms with Gasteiger partial charge < -0.3 is 10.6 Å². The van der Waals surface area contributed by atoms with Crippen LogP contribution < -0.4 is 10.6 Å². The van der Waals surface area contributed by atoms with E-state index in [-0.39, 0.29) is 17.4 Å². The molecule has 132 valence electrons. The molecule has 1 amide bonds. The van der Waals surface area contributed by atoms with Gasteiger partial charge in [0.25, 0.3) is 5.91 Å². The van der Waals surface area contributed by atoms with Crippen molar-refractivity contribution in [2.75, 3.05) is 10.6 Å². The molecule has 0 saturated carbocycles. The Morgan fingerprint density at radius 1 is 1.04 bits per heavy atom. The lowest BCUT2D eigenvalue weighted by molar-refractivity contribution is 0.102. The summed E-state index contributed by atoms with van der Waals surface area (Å²) in [4.78, 5) is 21.1. The largest absolute Gasteiger partial charge is 0.350 e. The lowest BCUT2D eigenvalue weighted by Crippen LogP contribution is -2.16. The molecule has 2 N–H and O–H groups in total. The molecule has 26 heavy (non-hydrogen) atoms. The smallest absolute Gasteiger partial charge is 0.274 e. The van der Waals surface area contributed by atoms with Crippen molar-refractivity contribution in [1.82, 2.24) is 9.97 Å². The minimum atomic E-state index is -0.297. The molecule has 0 atom stereocenters. The molecule has 6 heteroatoms. The molecule has 0 aliphatic carbocycles. The van der Waals surface area contributed by atoms with E-state index in [1.165, 1.54) is 12.1 Å². The summed E-state index contributed by atoms with van der Waals surface area (Å²) in [6, 6.07) is 15.3. The van der Waals surface area contributed by atoms with Gasteiger partial charge in [-0.3, -0.25) is 4.79 Å². The van der Waals surface area contributed by atoms with Gasteiger partial charge in [0.15, 0.2) is 0 Å². The average molecular weight is 350 g/mol. The van der Waals surface area contributed by atoms with Gasteiger partial charge in [0.1, 0.15) is 11.5 Å². The third kappa shape index (κ3) is 4.42. The van der Waals surface area contributed by atoms with Gasteiger partial charge in [0.2, 0.25) is 5.95 Å². The zero-order chi connectivity index (χ0) is 18.5. The third-order valence-electron chi connectivity index (χ3n) is 3.84. The first-order valence-electron chi connectivity index (χ1n) is 8.22. The first-order chi connectivity index (χ1) is 12.5. The van der Waals surface area contributed by atoms with Crippen molar-refractivity contribution in [1.29, 1.82) is 0 Å². The Labute approximate surface area is 151 Å². The molecule has 3 rings (SSSR count). The Hall–Kier alpha value is -3.28. The maximum absolute atomic E-state index is 13.0. The second-order valence-corrected chi connectivity index (χ2v) is 5.97. The van der Waals surface area contributed by atoms with Crippen molar-refractivity contribution in [3.05, 3.63) is 82.9 Å². The van der Waals surface area contributed by atoms with Gasteiger partial charge in [-0.1, -0.05) is 30.3 Å². The predicted octanol–water partition coefficient (Wildman–Crippen LogP) is 4.10. The van der Waals surface area contributed by atoms with Crippen molar-refractivity contribution in [3.63, 3.8) is 0 Å². The molecule has 0 spiro atoms. The van der Waals surface area contributed by atoms with E-state index in [1.807, 2.05) is 31.2 Å². The van der Waals surface area contributed by atoms with Crippen molar-refractivity contribution in [2.24, 2.45) is 0 Å². The van der Waals surface area contributed by atoms with Crippen LogP contribution in [0.5, 0.6) is 0 Å². The number of benzene rings is 2. The number of hydrogen-bond donors (Lipinski definition) is 2. The minimum absolute atomic E-state index is 0.280. The molecule has 3 aromatic rings. The van der Waals surface area contributed by atoms with Gasteiger partial charge in [-0.25, -0.2) is 14.4 Å². The quantitative estimate of drug-likeness (QED) is 0.727. The van der Waals surface area contributed by atoms with Gasteiger partial charge in [0, 0.05) is 17.9 Å². The Morgan fingerprint density at radius 3 is 2.50 bits per heavy atom. The summed E-state index contributed by atoms with van der Waals surface area (Å²) in [5, 5.41) is 5.93. The number of halogens is 1. The fraction of sp³-hybridized carbons (Fsp3) is 0.150. The number of nitrogens with zero attached hydrogens (tertiary/aromatic N) is 2. The number of para-hydroxylation sites is 1. The molecule has 0 aliphatic heterocycles. The molecule has 1 heterocycles. The SMILES string of the molecule is Cc1cc(C(=O)Nc2ccccc2C)nc(NCc2ccc(F)cc2)n1. The molecule has 1 aromatic heterocycles. The van der Waals surface area contributed by atoms with Gasteiger partial charge in [-0.15, -0.1) is 0 Å². The summed E-state index contributed by atoms with van der Waals surface area (Å²) in [5.41, 5.74) is 3.57. The molecule has 0 radical (unpaired) electrons. The highest BCUT2D eigenvalue weighted by molar-refractivity contribution is 6.03. The summed E-state index contributed by atoms with van der Waals surface area (Å²) >= 11 is 0. The summed E-state index contributed by atoms with van der Waals surface area (Å²) in [7, 11) is 0. The second-order valence-electron chi connectivity index (χ2n) is 5.97. The zero-order valence-corrected chi connectivity index (χ0v) is 14.6. The fourth-order valence-corrected chi connectivity index (χ4v) is 2.45. The van der Waals surface area contributed by atoms with Gasteiger partial charge in [-0.05, 0) is 49.2 Å². The van der Waals surface area contributed by atoms with Crippen LogP contribution in [0, 0.1) is 19.7 Å². The van der Waals surface area contributed by atoms with Crippen LogP contribution in [-0.4, -0.2) is 15.9 Å². The van der Waals surface area contributed by atoms with Crippen LogP contribution in [0.15, 0.2) is 54.6 Å². The first-order valence-corrected chi connectivity index (χ1v) is 8.22. The Morgan fingerprint density at radius 2 is 1.77 bits per heavy atom. The van der Waals surface area contributed by atoms with E-state index in [2.05, 4.69) is 20.6 Å². The number of aromatic nitrogens is 2. The number of rotatable bonds is 5. The highest BCUT2D eigenvalue weighted by Crippen LogP contribution is 2.15. The Balaban J connectivity index is 1.73. The maximum atomic E-state index is 13.0. The summed E-state index contributed by atoms with van der Waals surface area (Å²) in [6.07, 6.45) is 0. The van der Waals surface area contributed by atoms with Gasteiger partial charge in [0.05, 0.1) is 0 Å². The van der Waals surface area contributed by atoms with Crippen LogP contribution in [0.3, 0.4) is 0 Å².